The first-order valence-electron chi connectivity index (χ1n) is 5.54. The lowest BCUT2D eigenvalue weighted by Gasteiger charge is -2.08. The summed E-state index contributed by atoms with van der Waals surface area (Å²) in [5.41, 5.74) is 5.40. The third kappa shape index (κ3) is 3.72. The molecule has 0 unspecified atom stereocenters. The van der Waals surface area contributed by atoms with Crippen LogP contribution in [0.1, 0.15) is 0 Å². The first kappa shape index (κ1) is 14.4. The molecule has 1 heterocycles. The predicted molar refractivity (Wildman–Crippen MR) is 69.5 cm³/mol. The van der Waals surface area contributed by atoms with E-state index in [9.17, 15) is 18.9 Å². The normalized spacial score (nSPS) is 10.4. The van der Waals surface area contributed by atoms with Gasteiger partial charge in [0.25, 0.3) is 0 Å². The summed E-state index contributed by atoms with van der Waals surface area (Å²) in [6, 6.07) is 5.37. The second-order valence-electron chi connectivity index (χ2n) is 3.75. The number of nitrogen functional groups attached to an aromatic ring is 1. The van der Waals surface area contributed by atoms with Crippen molar-refractivity contribution in [3.05, 3.63) is 40.6 Å². The Labute approximate surface area is 116 Å². The van der Waals surface area contributed by atoms with Crippen LogP contribution in [0.25, 0.3) is 0 Å². The Hall–Kier alpha value is -3.04. The molecule has 21 heavy (non-hydrogen) atoms. The zero-order chi connectivity index (χ0) is 15.4. The number of hydrogen-bond acceptors (Lipinski definition) is 7. The number of rotatable bonds is 5. The number of nitrogens with zero attached hydrogens (tertiary/aromatic N) is 3. The van der Waals surface area contributed by atoms with Crippen LogP contribution in [0.2, 0.25) is 0 Å². The Morgan fingerprint density at radius 1 is 1.33 bits per heavy atom. The smallest absolute Gasteiger partial charge is 0.387 e. The molecule has 110 valence electrons. The summed E-state index contributed by atoms with van der Waals surface area (Å²) < 4.78 is 28.2. The lowest BCUT2D eigenvalue weighted by Crippen LogP contribution is -2.04. The minimum Gasteiger partial charge on any atom is -0.435 e. The predicted octanol–water partition coefficient (Wildman–Crippen LogP) is 2.31. The van der Waals surface area contributed by atoms with E-state index in [1.54, 1.807) is 0 Å². The van der Waals surface area contributed by atoms with Gasteiger partial charge in [0, 0.05) is 5.69 Å². The molecule has 1 aromatic heterocycles. The van der Waals surface area contributed by atoms with Crippen LogP contribution in [-0.4, -0.2) is 21.5 Å². The van der Waals surface area contributed by atoms with Gasteiger partial charge in [0.2, 0.25) is 11.8 Å². The number of nitrogens with one attached hydrogen (secondary N) is 1. The lowest BCUT2D eigenvalue weighted by atomic mass is 10.3. The molecule has 8 nitrogen and oxygen atoms in total. The topological polar surface area (TPSA) is 116 Å². The first-order valence-corrected chi connectivity index (χ1v) is 5.54. The van der Waals surface area contributed by atoms with Crippen LogP contribution in [0, 0.1) is 10.1 Å². The van der Waals surface area contributed by atoms with Gasteiger partial charge in [0.15, 0.2) is 0 Å². The van der Waals surface area contributed by atoms with E-state index in [1.165, 1.54) is 24.3 Å². The number of anilines is 3. The van der Waals surface area contributed by atoms with Crippen LogP contribution < -0.4 is 15.8 Å². The summed E-state index contributed by atoms with van der Waals surface area (Å²) in [6.07, 6.45) is 0.971. The van der Waals surface area contributed by atoms with Gasteiger partial charge < -0.3 is 15.8 Å². The number of hydrogen-bond donors (Lipinski definition) is 2. The van der Waals surface area contributed by atoms with Crippen molar-refractivity contribution in [1.82, 2.24) is 9.97 Å². The molecule has 0 saturated heterocycles. The van der Waals surface area contributed by atoms with Gasteiger partial charge in [0.1, 0.15) is 11.9 Å². The maximum Gasteiger partial charge on any atom is 0.387 e. The Morgan fingerprint density at radius 2 is 2.00 bits per heavy atom. The molecule has 3 N–H and O–H groups in total. The first-order chi connectivity index (χ1) is 9.95. The largest absolute Gasteiger partial charge is 0.435 e. The Kier molecular flexibility index (Phi) is 4.07. The zero-order valence-electron chi connectivity index (χ0n) is 10.4. The van der Waals surface area contributed by atoms with Crippen LogP contribution in [-0.2, 0) is 0 Å². The molecule has 0 saturated carbocycles. The number of benzene rings is 1. The Balaban J connectivity index is 2.22. The highest BCUT2D eigenvalue weighted by Crippen LogP contribution is 2.26. The molecule has 0 bridgehead atoms. The lowest BCUT2D eigenvalue weighted by molar-refractivity contribution is -0.384. The molecule has 2 rings (SSSR count). The fourth-order valence-corrected chi connectivity index (χ4v) is 1.47. The molecule has 1 aromatic carbocycles. The number of nitro groups is 1. The molecular weight excluding hydrogens is 288 g/mol. The van der Waals surface area contributed by atoms with E-state index in [4.69, 9.17) is 5.73 Å². The monoisotopic (exact) mass is 297 g/mol. The van der Waals surface area contributed by atoms with E-state index in [-0.39, 0.29) is 23.2 Å². The van der Waals surface area contributed by atoms with Gasteiger partial charge in [-0.15, -0.1) is 0 Å². The summed E-state index contributed by atoms with van der Waals surface area (Å²) in [6.45, 7) is -2.92. The summed E-state index contributed by atoms with van der Waals surface area (Å²) in [5, 5.41) is 13.5. The maximum atomic E-state index is 12.0. The van der Waals surface area contributed by atoms with Gasteiger partial charge in [-0.3, -0.25) is 10.1 Å². The van der Waals surface area contributed by atoms with Crippen molar-refractivity contribution in [2.45, 2.75) is 6.61 Å². The van der Waals surface area contributed by atoms with Crippen molar-refractivity contribution < 1.29 is 18.4 Å². The maximum absolute atomic E-state index is 12.0. The quantitative estimate of drug-likeness (QED) is 0.642. The summed E-state index contributed by atoms with van der Waals surface area (Å²) in [4.78, 5) is 17.4. The average Bonchev–Trinajstić information content (AvgIpc) is 2.40. The third-order valence-corrected chi connectivity index (χ3v) is 2.33. The van der Waals surface area contributed by atoms with Gasteiger partial charge >= 0.3 is 12.3 Å². The van der Waals surface area contributed by atoms with Gasteiger partial charge in [-0.05, 0) is 24.3 Å². The van der Waals surface area contributed by atoms with E-state index in [2.05, 4.69) is 20.0 Å². The van der Waals surface area contributed by atoms with E-state index in [0.29, 0.717) is 5.69 Å². The molecule has 10 heteroatoms. The second-order valence-corrected chi connectivity index (χ2v) is 3.75. The van der Waals surface area contributed by atoms with Crippen LogP contribution in [0.3, 0.4) is 0 Å². The molecule has 0 fully saturated rings. The number of aromatic nitrogens is 2. The van der Waals surface area contributed by atoms with Gasteiger partial charge in [0.05, 0.1) is 4.92 Å². The van der Waals surface area contributed by atoms with Gasteiger partial charge in [-0.25, -0.2) is 4.98 Å². The second kappa shape index (κ2) is 5.94. The fraction of sp³-hybridized carbons (Fsp3) is 0.0909. The van der Waals surface area contributed by atoms with Crippen LogP contribution >= 0.6 is 0 Å². The van der Waals surface area contributed by atoms with E-state index < -0.39 is 11.5 Å². The van der Waals surface area contributed by atoms with Crippen LogP contribution in [0.4, 0.5) is 31.9 Å². The van der Waals surface area contributed by atoms with Crippen molar-refractivity contribution in [3.8, 4) is 5.75 Å². The number of halogens is 2. The molecule has 0 aliphatic carbocycles. The molecule has 0 aliphatic heterocycles. The highest BCUT2D eigenvalue weighted by Gasteiger charge is 2.16. The standard InChI is InChI=1S/C11H9F2N5O3/c12-10(13)21-7-3-1-6(2-4-7)16-9-8(18(19)20)5-15-11(14)17-9/h1-5,10H,(H3,14,15,16,17). The minimum absolute atomic E-state index is 0.0350. The summed E-state index contributed by atoms with van der Waals surface area (Å²) in [7, 11) is 0. The summed E-state index contributed by atoms with van der Waals surface area (Å²) >= 11 is 0. The minimum atomic E-state index is -2.92. The highest BCUT2D eigenvalue weighted by molar-refractivity contribution is 5.66. The number of alkyl halides is 2. The van der Waals surface area contributed by atoms with Gasteiger partial charge in [-0.1, -0.05) is 0 Å². The average molecular weight is 297 g/mol. The van der Waals surface area contributed by atoms with Crippen molar-refractivity contribution in [2.24, 2.45) is 0 Å². The SMILES string of the molecule is Nc1ncc([N+](=O)[O-])c(Nc2ccc(OC(F)F)cc2)n1. The molecule has 0 atom stereocenters. The molecule has 0 spiro atoms. The van der Waals surface area contributed by atoms with Crippen LogP contribution in [0.15, 0.2) is 30.5 Å². The Bertz CT molecular complexity index is 651. The third-order valence-electron chi connectivity index (χ3n) is 2.33. The number of ether oxygens (including phenoxy) is 1. The molecule has 0 amide bonds. The van der Waals surface area contributed by atoms with E-state index in [0.717, 1.165) is 6.20 Å². The van der Waals surface area contributed by atoms with Crippen molar-refractivity contribution in [2.75, 3.05) is 11.1 Å². The van der Waals surface area contributed by atoms with Crippen molar-refractivity contribution in [3.63, 3.8) is 0 Å². The van der Waals surface area contributed by atoms with E-state index >= 15 is 0 Å². The Morgan fingerprint density at radius 3 is 2.57 bits per heavy atom. The number of nitrogens with two attached hydrogens (primary N) is 1. The molecule has 0 radical (unpaired) electrons. The molecule has 0 aliphatic rings. The van der Waals surface area contributed by atoms with Crippen molar-refractivity contribution in [1.29, 1.82) is 0 Å². The summed E-state index contributed by atoms with van der Waals surface area (Å²) in [5.74, 6) is -0.275. The highest BCUT2D eigenvalue weighted by atomic mass is 19.3. The zero-order valence-corrected chi connectivity index (χ0v) is 10.4. The van der Waals surface area contributed by atoms with Gasteiger partial charge in [-0.2, -0.15) is 13.8 Å². The van der Waals surface area contributed by atoms with Crippen molar-refractivity contribution >= 4 is 23.1 Å². The molecular formula is C11H9F2N5O3. The fourth-order valence-electron chi connectivity index (χ4n) is 1.47. The van der Waals surface area contributed by atoms with E-state index in [1.807, 2.05) is 0 Å². The molecule has 2 aromatic rings. The van der Waals surface area contributed by atoms with Crippen LogP contribution in [0.5, 0.6) is 5.75 Å².